The molecule has 0 aliphatic heterocycles. The number of nitrogens with one attached hydrogen (secondary N) is 1. The van der Waals surface area contributed by atoms with Gasteiger partial charge < -0.3 is 14.5 Å². The van der Waals surface area contributed by atoms with Crippen molar-refractivity contribution in [1.29, 1.82) is 0 Å². The number of aromatic nitrogens is 1. The Labute approximate surface area is 163 Å². The second kappa shape index (κ2) is 10.4. The third-order valence-corrected chi connectivity index (χ3v) is 5.06. The van der Waals surface area contributed by atoms with Crippen LogP contribution in [0.2, 0.25) is 0 Å². The van der Waals surface area contributed by atoms with Crippen molar-refractivity contribution in [2.24, 2.45) is 0 Å². The summed E-state index contributed by atoms with van der Waals surface area (Å²) < 4.78 is 23.4. The van der Waals surface area contributed by atoms with Crippen LogP contribution < -0.4 is 5.32 Å². The van der Waals surface area contributed by atoms with Gasteiger partial charge in [-0.3, -0.25) is 9.00 Å². The number of benzene rings is 1. The molecule has 1 amide bonds. The van der Waals surface area contributed by atoms with Crippen molar-refractivity contribution in [2.45, 2.75) is 46.0 Å². The SMILES string of the molecule is Cc1ccc(-c2nc(CS(=O)CC(=O)NCCCOC(C)C)c(C)o2)cc1. The Morgan fingerprint density at radius 2 is 1.96 bits per heavy atom. The molecule has 1 aromatic heterocycles. The van der Waals surface area contributed by atoms with Crippen LogP contribution in [-0.4, -0.2) is 40.1 Å². The quantitative estimate of drug-likeness (QED) is 0.628. The Morgan fingerprint density at radius 3 is 2.63 bits per heavy atom. The van der Waals surface area contributed by atoms with E-state index in [1.807, 2.05) is 45.0 Å². The van der Waals surface area contributed by atoms with Crippen LogP contribution in [0.15, 0.2) is 28.7 Å². The molecule has 0 saturated carbocycles. The molecule has 1 unspecified atom stereocenters. The fraction of sp³-hybridized carbons (Fsp3) is 0.500. The normalized spacial score (nSPS) is 12.3. The standard InChI is InChI=1S/C20H28N2O4S/c1-14(2)25-11-5-10-21-19(23)13-27(24)12-18-16(4)26-20(22-18)17-8-6-15(3)7-9-17/h6-9,14H,5,10-13H2,1-4H3,(H,21,23). The third-order valence-electron chi connectivity index (χ3n) is 3.88. The van der Waals surface area contributed by atoms with Gasteiger partial charge in [-0.25, -0.2) is 4.98 Å². The first-order chi connectivity index (χ1) is 12.8. The molecule has 1 aromatic carbocycles. The van der Waals surface area contributed by atoms with Crippen molar-refractivity contribution in [3.05, 3.63) is 41.3 Å². The first-order valence-corrected chi connectivity index (χ1v) is 10.6. The van der Waals surface area contributed by atoms with E-state index in [4.69, 9.17) is 9.15 Å². The van der Waals surface area contributed by atoms with Crippen molar-refractivity contribution in [3.8, 4) is 11.5 Å². The monoisotopic (exact) mass is 392 g/mol. The van der Waals surface area contributed by atoms with E-state index in [1.54, 1.807) is 6.92 Å². The Balaban J connectivity index is 1.81. The number of rotatable bonds is 10. The van der Waals surface area contributed by atoms with Gasteiger partial charge in [0.25, 0.3) is 0 Å². The van der Waals surface area contributed by atoms with E-state index >= 15 is 0 Å². The van der Waals surface area contributed by atoms with Crippen LogP contribution in [0.5, 0.6) is 0 Å². The molecule has 1 atom stereocenters. The Morgan fingerprint density at radius 1 is 1.26 bits per heavy atom. The number of ether oxygens (including phenoxy) is 1. The predicted molar refractivity (Wildman–Crippen MR) is 107 cm³/mol. The first-order valence-electron chi connectivity index (χ1n) is 9.11. The zero-order chi connectivity index (χ0) is 19.8. The molecule has 0 saturated heterocycles. The van der Waals surface area contributed by atoms with Crippen molar-refractivity contribution >= 4 is 16.7 Å². The third kappa shape index (κ3) is 7.27. The van der Waals surface area contributed by atoms with Crippen LogP contribution >= 0.6 is 0 Å². The molecule has 148 valence electrons. The summed E-state index contributed by atoms with van der Waals surface area (Å²) in [4.78, 5) is 16.3. The summed E-state index contributed by atoms with van der Waals surface area (Å²) >= 11 is 0. The maximum Gasteiger partial charge on any atom is 0.232 e. The molecular weight excluding hydrogens is 364 g/mol. The maximum atomic E-state index is 12.3. The van der Waals surface area contributed by atoms with E-state index in [1.165, 1.54) is 0 Å². The maximum absolute atomic E-state index is 12.3. The lowest BCUT2D eigenvalue weighted by Crippen LogP contribution is -2.30. The average molecular weight is 393 g/mol. The number of oxazole rings is 1. The number of hydrogen-bond acceptors (Lipinski definition) is 5. The lowest BCUT2D eigenvalue weighted by Gasteiger charge is -2.08. The lowest BCUT2D eigenvalue weighted by molar-refractivity contribution is -0.118. The molecule has 2 aromatic rings. The highest BCUT2D eigenvalue weighted by atomic mass is 32.2. The second-order valence-electron chi connectivity index (χ2n) is 6.74. The van der Waals surface area contributed by atoms with Crippen molar-refractivity contribution in [1.82, 2.24) is 10.3 Å². The van der Waals surface area contributed by atoms with Crippen LogP contribution in [0.25, 0.3) is 11.5 Å². The van der Waals surface area contributed by atoms with Crippen LogP contribution in [-0.2, 0) is 26.1 Å². The molecule has 0 radical (unpaired) electrons. The number of carbonyl (C=O) groups excluding carboxylic acids is 1. The molecule has 2 rings (SSSR count). The highest BCUT2D eigenvalue weighted by molar-refractivity contribution is 7.84. The van der Waals surface area contributed by atoms with Gasteiger partial charge in [0.15, 0.2) is 0 Å². The van der Waals surface area contributed by atoms with Crippen LogP contribution in [0.4, 0.5) is 0 Å². The molecule has 0 aliphatic carbocycles. The number of carbonyl (C=O) groups is 1. The molecule has 1 N–H and O–H groups in total. The average Bonchev–Trinajstić information content (AvgIpc) is 2.95. The Hall–Kier alpha value is -1.99. The fourth-order valence-electron chi connectivity index (χ4n) is 2.40. The van der Waals surface area contributed by atoms with E-state index in [9.17, 15) is 9.00 Å². The topological polar surface area (TPSA) is 81.4 Å². The molecule has 0 bridgehead atoms. The molecule has 0 aliphatic rings. The summed E-state index contributed by atoms with van der Waals surface area (Å²) in [6.07, 6.45) is 0.919. The Bertz CT molecular complexity index is 769. The highest BCUT2D eigenvalue weighted by Gasteiger charge is 2.16. The minimum atomic E-state index is -1.34. The van der Waals surface area contributed by atoms with Gasteiger partial charge in [-0.1, -0.05) is 17.7 Å². The van der Waals surface area contributed by atoms with Crippen LogP contribution in [0.1, 0.15) is 37.3 Å². The zero-order valence-corrected chi connectivity index (χ0v) is 17.2. The van der Waals surface area contributed by atoms with Gasteiger partial charge in [-0.2, -0.15) is 0 Å². The van der Waals surface area contributed by atoms with Gasteiger partial charge in [0, 0.05) is 29.5 Å². The number of hydrogen-bond donors (Lipinski definition) is 1. The summed E-state index contributed by atoms with van der Waals surface area (Å²) in [5.41, 5.74) is 2.66. The first kappa shape index (κ1) is 21.3. The summed E-state index contributed by atoms with van der Waals surface area (Å²) in [6.45, 7) is 8.87. The highest BCUT2D eigenvalue weighted by Crippen LogP contribution is 2.22. The lowest BCUT2D eigenvalue weighted by atomic mass is 10.1. The summed E-state index contributed by atoms with van der Waals surface area (Å²) in [6, 6.07) is 7.86. The number of nitrogens with zero attached hydrogens (tertiary/aromatic N) is 1. The van der Waals surface area contributed by atoms with Gasteiger partial charge in [0.2, 0.25) is 11.8 Å². The van der Waals surface area contributed by atoms with Gasteiger partial charge in [0.1, 0.15) is 11.5 Å². The largest absolute Gasteiger partial charge is 0.441 e. The van der Waals surface area contributed by atoms with Crippen molar-refractivity contribution < 1.29 is 18.2 Å². The van der Waals surface area contributed by atoms with Gasteiger partial charge in [0.05, 0.1) is 17.6 Å². The zero-order valence-electron chi connectivity index (χ0n) is 16.4. The van der Waals surface area contributed by atoms with E-state index in [-0.39, 0.29) is 23.5 Å². The molecule has 27 heavy (non-hydrogen) atoms. The molecule has 7 heteroatoms. The van der Waals surface area contributed by atoms with E-state index < -0.39 is 10.8 Å². The van der Waals surface area contributed by atoms with Crippen molar-refractivity contribution in [2.75, 3.05) is 18.9 Å². The minimum Gasteiger partial charge on any atom is -0.441 e. The second-order valence-corrected chi connectivity index (χ2v) is 8.20. The van der Waals surface area contributed by atoms with E-state index in [2.05, 4.69) is 10.3 Å². The van der Waals surface area contributed by atoms with Gasteiger partial charge >= 0.3 is 0 Å². The molecule has 6 nitrogen and oxygen atoms in total. The van der Waals surface area contributed by atoms with Gasteiger partial charge in [-0.05, 0) is 46.2 Å². The molecule has 0 spiro atoms. The molecule has 0 fully saturated rings. The smallest absolute Gasteiger partial charge is 0.232 e. The minimum absolute atomic E-state index is 0.0444. The van der Waals surface area contributed by atoms with E-state index in [0.29, 0.717) is 30.5 Å². The van der Waals surface area contributed by atoms with Gasteiger partial charge in [-0.15, -0.1) is 0 Å². The Kier molecular flexibility index (Phi) is 8.19. The summed E-state index contributed by atoms with van der Waals surface area (Å²) in [5, 5.41) is 2.77. The van der Waals surface area contributed by atoms with Crippen molar-refractivity contribution in [3.63, 3.8) is 0 Å². The van der Waals surface area contributed by atoms with Crippen LogP contribution in [0, 0.1) is 13.8 Å². The molecule has 1 heterocycles. The molecular formula is C20H28N2O4S. The summed E-state index contributed by atoms with van der Waals surface area (Å²) in [7, 11) is -1.34. The fourth-order valence-corrected chi connectivity index (χ4v) is 3.47. The van der Waals surface area contributed by atoms with Crippen LogP contribution in [0.3, 0.4) is 0 Å². The number of amides is 1. The summed E-state index contributed by atoms with van der Waals surface area (Å²) in [5.74, 6) is 1.07. The van der Waals surface area contributed by atoms with E-state index in [0.717, 1.165) is 17.5 Å². The predicted octanol–water partition coefficient (Wildman–Crippen LogP) is 3.14. The number of aryl methyl sites for hydroxylation is 2.